The number of hydrogen-bond acceptors (Lipinski definition) is 6. The van der Waals surface area contributed by atoms with Crippen LogP contribution in [0.4, 0.5) is 0 Å². The van der Waals surface area contributed by atoms with Crippen molar-refractivity contribution in [3.8, 4) is 22.8 Å². The second-order valence-electron chi connectivity index (χ2n) is 7.41. The highest BCUT2D eigenvalue weighted by atomic mass is 79.9. The molecule has 2 heterocycles. The zero-order valence-corrected chi connectivity index (χ0v) is 20.6. The standard InChI is InChI=1S/C23H23BrN4O4S/c1-4-16-8-5-6-9-21(16)31-12-7-13-32-23-19(15-25-27(23)2)17-10-11-20-18(14-17)22(24)26-28(20)33(3,29)30/h4-6,8-11,14-15H,1,7,12-13H2,2-3H3. The van der Waals surface area contributed by atoms with E-state index in [0.717, 1.165) is 32.8 Å². The molecule has 0 saturated heterocycles. The minimum Gasteiger partial charge on any atom is -0.493 e. The first kappa shape index (κ1) is 23.1. The molecule has 8 nitrogen and oxygen atoms in total. The van der Waals surface area contributed by atoms with Crippen LogP contribution in [0.5, 0.6) is 11.6 Å². The second kappa shape index (κ2) is 9.40. The molecule has 0 saturated carbocycles. The molecule has 10 heteroatoms. The summed E-state index contributed by atoms with van der Waals surface area (Å²) in [5.74, 6) is 1.41. The molecule has 0 unspecified atom stereocenters. The van der Waals surface area contributed by atoms with Gasteiger partial charge in [-0.3, -0.25) is 0 Å². The Morgan fingerprint density at radius 2 is 1.91 bits per heavy atom. The fraction of sp³-hybridized carbons (Fsp3) is 0.217. The average Bonchev–Trinajstić information content (AvgIpc) is 3.33. The number of fused-ring (bicyclic) bond motifs is 1. The first-order valence-electron chi connectivity index (χ1n) is 10.2. The fourth-order valence-electron chi connectivity index (χ4n) is 3.46. The summed E-state index contributed by atoms with van der Waals surface area (Å²) < 4.78 is 39.0. The number of hydrogen-bond donors (Lipinski definition) is 0. The number of benzene rings is 2. The Hall–Kier alpha value is -3.11. The van der Waals surface area contributed by atoms with Crippen molar-refractivity contribution in [3.63, 3.8) is 0 Å². The second-order valence-corrected chi connectivity index (χ2v) is 9.97. The van der Waals surface area contributed by atoms with Gasteiger partial charge < -0.3 is 9.47 Å². The van der Waals surface area contributed by atoms with Crippen molar-refractivity contribution in [2.24, 2.45) is 7.05 Å². The third-order valence-electron chi connectivity index (χ3n) is 5.04. The molecule has 0 amide bonds. The lowest BCUT2D eigenvalue weighted by Gasteiger charge is -2.11. The largest absolute Gasteiger partial charge is 0.493 e. The maximum Gasteiger partial charge on any atom is 0.251 e. The molecular formula is C23H23BrN4O4S. The maximum absolute atomic E-state index is 12.0. The number of nitrogens with zero attached hydrogens (tertiary/aromatic N) is 4. The molecule has 2 aromatic heterocycles. The van der Waals surface area contributed by atoms with Crippen LogP contribution in [0.1, 0.15) is 12.0 Å². The van der Waals surface area contributed by atoms with Crippen molar-refractivity contribution in [2.45, 2.75) is 6.42 Å². The minimum atomic E-state index is -3.52. The van der Waals surface area contributed by atoms with Crippen LogP contribution in [0.3, 0.4) is 0 Å². The summed E-state index contributed by atoms with van der Waals surface area (Å²) in [7, 11) is -1.70. The summed E-state index contributed by atoms with van der Waals surface area (Å²) in [4.78, 5) is 0. The van der Waals surface area contributed by atoms with E-state index >= 15 is 0 Å². The molecule has 4 rings (SSSR count). The summed E-state index contributed by atoms with van der Waals surface area (Å²) in [5, 5.41) is 9.12. The molecule has 2 aromatic carbocycles. The summed E-state index contributed by atoms with van der Waals surface area (Å²) in [5.41, 5.74) is 3.09. The molecule has 0 N–H and O–H groups in total. The highest BCUT2D eigenvalue weighted by molar-refractivity contribution is 9.10. The molecule has 33 heavy (non-hydrogen) atoms. The number of para-hydroxylation sites is 1. The summed E-state index contributed by atoms with van der Waals surface area (Å²) in [6.45, 7) is 4.75. The zero-order chi connectivity index (χ0) is 23.6. The van der Waals surface area contributed by atoms with Gasteiger partial charge >= 0.3 is 0 Å². The van der Waals surface area contributed by atoms with E-state index in [4.69, 9.17) is 9.47 Å². The molecule has 0 aliphatic heterocycles. The van der Waals surface area contributed by atoms with Gasteiger partial charge in [0.2, 0.25) is 5.88 Å². The topological polar surface area (TPSA) is 88.2 Å². The molecule has 0 fully saturated rings. The minimum absolute atomic E-state index is 0.445. The molecular weight excluding hydrogens is 508 g/mol. The molecule has 0 radical (unpaired) electrons. The van der Waals surface area contributed by atoms with Gasteiger partial charge in [-0.05, 0) is 39.7 Å². The van der Waals surface area contributed by atoms with Crippen molar-refractivity contribution in [2.75, 3.05) is 19.5 Å². The Bertz CT molecular complexity index is 1430. The monoisotopic (exact) mass is 530 g/mol. The van der Waals surface area contributed by atoms with Crippen LogP contribution in [-0.4, -0.2) is 46.9 Å². The first-order chi connectivity index (χ1) is 15.8. The van der Waals surface area contributed by atoms with Gasteiger partial charge in [0.1, 0.15) is 10.4 Å². The molecule has 172 valence electrons. The van der Waals surface area contributed by atoms with Crippen LogP contribution in [0.15, 0.2) is 59.8 Å². The van der Waals surface area contributed by atoms with Gasteiger partial charge in [-0.1, -0.05) is 36.9 Å². The molecule has 0 aliphatic carbocycles. The van der Waals surface area contributed by atoms with Crippen LogP contribution >= 0.6 is 15.9 Å². The van der Waals surface area contributed by atoms with E-state index in [-0.39, 0.29) is 0 Å². The Balaban J connectivity index is 1.48. The third kappa shape index (κ3) is 4.81. The van der Waals surface area contributed by atoms with Crippen LogP contribution in [0, 0.1) is 0 Å². The summed E-state index contributed by atoms with van der Waals surface area (Å²) in [6, 6.07) is 13.2. The summed E-state index contributed by atoms with van der Waals surface area (Å²) >= 11 is 3.36. The Morgan fingerprint density at radius 1 is 1.15 bits per heavy atom. The third-order valence-corrected chi connectivity index (χ3v) is 6.53. The number of ether oxygens (including phenoxy) is 2. The van der Waals surface area contributed by atoms with Gasteiger partial charge in [-0.15, -0.1) is 5.10 Å². The lowest BCUT2D eigenvalue weighted by atomic mass is 10.1. The zero-order valence-electron chi connectivity index (χ0n) is 18.2. The van der Waals surface area contributed by atoms with Crippen molar-refractivity contribution < 1.29 is 17.9 Å². The highest BCUT2D eigenvalue weighted by Gasteiger charge is 2.18. The van der Waals surface area contributed by atoms with Crippen molar-refractivity contribution in [3.05, 3.63) is 65.4 Å². The number of rotatable bonds is 9. The SMILES string of the molecule is C=Cc1ccccc1OCCCOc1c(-c2ccc3c(c2)c(Br)nn3S(C)(=O)=O)cnn1C. The Labute approximate surface area is 200 Å². The van der Waals surface area contributed by atoms with Gasteiger partial charge in [0.15, 0.2) is 0 Å². The van der Waals surface area contributed by atoms with Crippen molar-refractivity contribution >= 4 is 42.9 Å². The molecule has 0 spiro atoms. The van der Waals surface area contributed by atoms with E-state index in [1.807, 2.05) is 43.4 Å². The predicted molar refractivity (Wildman–Crippen MR) is 132 cm³/mol. The average molecular weight is 531 g/mol. The van der Waals surface area contributed by atoms with Gasteiger partial charge in [0.05, 0.1) is 36.7 Å². The molecule has 0 aliphatic rings. The lowest BCUT2D eigenvalue weighted by Crippen LogP contribution is -2.11. The molecule has 0 bridgehead atoms. The smallest absolute Gasteiger partial charge is 0.251 e. The maximum atomic E-state index is 12.0. The van der Waals surface area contributed by atoms with Crippen LogP contribution in [0.25, 0.3) is 28.1 Å². The van der Waals surface area contributed by atoms with Gasteiger partial charge in [-0.2, -0.15) is 9.19 Å². The van der Waals surface area contributed by atoms with E-state index in [2.05, 4.69) is 32.7 Å². The van der Waals surface area contributed by atoms with E-state index in [9.17, 15) is 8.42 Å². The number of aromatic nitrogens is 4. The fourth-order valence-corrected chi connectivity index (χ4v) is 4.79. The quantitative estimate of drug-likeness (QED) is 0.296. The van der Waals surface area contributed by atoms with E-state index in [1.165, 1.54) is 0 Å². The summed E-state index contributed by atoms with van der Waals surface area (Å²) in [6.07, 6.45) is 5.29. The van der Waals surface area contributed by atoms with E-state index < -0.39 is 10.0 Å². The van der Waals surface area contributed by atoms with Crippen molar-refractivity contribution in [1.29, 1.82) is 0 Å². The number of aryl methyl sites for hydroxylation is 1. The Morgan fingerprint density at radius 3 is 2.67 bits per heavy atom. The van der Waals surface area contributed by atoms with E-state index in [0.29, 0.717) is 41.0 Å². The number of halogens is 1. The van der Waals surface area contributed by atoms with Gasteiger partial charge in [0, 0.05) is 24.4 Å². The predicted octanol–water partition coefficient (Wildman–Crippen LogP) is 4.50. The lowest BCUT2D eigenvalue weighted by molar-refractivity contribution is 0.236. The van der Waals surface area contributed by atoms with Crippen LogP contribution in [-0.2, 0) is 17.1 Å². The van der Waals surface area contributed by atoms with Crippen molar-refractivity contribution in [1.82, 2.24) is 19.0 Å². The normalized spacial score (nSPS) is 11.6. The Kier molecular flexibility index (Phi) is 6.57. The van der Waals surface area contributed by atoms with E-state index in [1.54, 1.807) is 23.0 Å². The van der Waals surface area contributed by atoms with Gasteiger partial charge in [-0.25, -0.2) is 13.1 Å². The highest BCUT2D eigenvalue weighted by Crippen LogP contribution is 2.34. The molecule has 4 aromatic rings. The molecule has 0 atom stereocenters. The van der Waals surface area contributed by atoms with Crippen LogP contribution in [0.2, 0.25) is 0 Å². The van der Waals surface area contributed by atoms with Crippen LogP contribution < -0.4 is 9.47 Å². The van der Waals surface area contributed by atoms with Gasteiger partial charge in [0.25, 0.3) is 10.0 Å². The first-order valence-corrected chi connectivity index (χ1v) is 12.8.